The van der Waals surface area contributed by atoms with Crippen LogP contribution in [0.25, 0.3) is 10.9 Å². The number of aliphatic carboxylic acids is 1. The van der Waals surface area contributed by atoms with Gasteiger partial charge in [-0.2, -0.15) is 11.8 Å². The number of hydrogen-bond donors (Lipinski definition) is 9. The molecule has 1 aromatic carbocycles. The summed E-state index contributed by atoms with van der Waals surface area (Å²) < 4.78 is 0. The Morgan fingerprint density at radius 3 is 2.32 bits per heavy atom. The van der Waals surface area contributed by atoms with Crippen LogP contribution in [0.15, 0.2) is 35.5 Å². The minimum Gasteiger partial charge on any atom is -0.480 e. The fraction of sp³-hybridized carbons (Fsp3) is 0.500. The van der Waals surface area contributed by atoms with E-state index in [2.05, 4.69) is 25.9 Å². The molecule has 1 heterocycles. The first-order valence-corrected chi connectivity index (χ1v) is 14.5. The monoisotopic (exact) mass is 592 g/mol. The molecule has 226 valence electrons. The lowest BCUT2D eigenvalue weighted by atomic mass is 10.0. The highest BCUT2D eigenvalue weighted by atomic mass is 32.2. The van der Waals surface area contributed by atoms with Crippen molar-refractivity contribution in [1.82, 2.24) is 20.9 Å². The molecule has 0 aliphatic rings. The molecular formula is C26H40N8O6S. The van der Waals surface area contributed by atoms with Gasteiger partial charge in [0, 0.05) is 30.1 Å². The van der Waals surface area contributed by atoms with Crippen molar-refractivity contribution in [2.24, 2.45) is 22.2 Å². The molecule has 0 spiro atoms. The molecule has 5 atom stereocenters. The minimum atomic E-state index is -1.59. The molecule has 0 saturated heterocycles. The summed E-state index contributed by atoms with van der Waals surface area (Å²) >= 11 is 1.47. The summed E-state index contributed by atoms with van der Waals surface area (Å²) in [7, 11) is 0. The summed E-state index contributed by atoms with van der Waals surface area (Å²) in [5.74, 6) is -2.95. The van der Waals surface area contributed by atoms with Crippen molar-refractivity contribution in [2.45, 2.75) is 62.9 Å². The summed E-state index contributed by atoms with van der Waals surface area (Å²) in [5.41, 5.74) is 18.1. The van der Waals surface area contributed by atoms with Crippen LogP contribution in [0.1, 0.15) is 31.7 Å². The summed E-state index contributed by atoms with van der Waals surface area (Å²) in [6, 6.07) is 2.65. The zero-order chi connectivity index (χ0) is 30.5. The Hall–Kier alpha value is -3.82. The van der Waals surface area contributed by atoms with Gasteiger partial charge in [-0.15, -0.1) is 0 Å². The Kier molecular flexibility index (Phi) is 13.4. The van der Waals surface area contributed by atoms with E-state index in [1.165, 1.54) is 18.7 Å². The first-order chi connectivity index (χ1) is 19.4. The summed E-state index contributed by atoms with van der Waals surface area (Å²) in [5, 5.41) is 27.8. The number of aromatic amines is 1. The predicted molar refractivity (Wildman–Crippen MR) is 158 cm³/mol. The van der Waals surface area contributed by atoms with Crippen molar-refractivity contribution < 1.29 is 29.4 Å². The number of thioether (sulfide) groups is 1. The zero-order valence-electron chi connectivity index (χ0n) is 23.1. The second kappa shape index (κ2) is 16.4. The molecule has 12 N–H and O–H groups in total. The second-order valence-corrected chi connectivity index (χ2v) is 10.6. The van der Waals surface area contributed by atoms with Gasteiger partial charge in [0.05, 0.1) is 12.1 Å². The van der Waals surface area contributed by atoms with Gasteiger partial charge >= 0.3 is 5.97 Å². The number of nitrogens with zero attached hydrogens (tertiary/aromatic N) is 1. The highest BCUT2D eigenvalue weighted by Crippen LogP contribution is 2.19. The maximum atomic E-state index is 13.4. The molecule has 0 saturated carbocycles. The number of aliphatic imine (C=N–C) groups is 1. The number of guanidine groups is 1. The number of aliphatic hydroxyl groups excluding tert-OH is 1. The molecule has 15 heteroatoms. The number of carbonyl (C=O) groups is 4. The van der Waals surface area contributed by atoms with Crippen LogP contribution < -0.4 is 33.2 Å². The fourth-order valence-corrected chi connectivity index (χ4v) is 4.55. The van der Waals surface area contributed by atoms with Crippen LogP contribution in [0.2, 0.25) is 0 Å². The van der Waals surface area contributed by atoms with Gasteiger partial charge < -0.3 is 48.3 Å². The van der Waals surface area contributed by atoms with Gasteiger partial charge in [-0.1, -0.05) is 18.2 Å². The topological polar surface area (TPSA) is 251 Å². The third-order valence-electron chi connectivity index (χ3n) is 6.33. The number of benzene rings is 1. The van der Waals surface area contributed by atoms with E-state index in [1.807, 2.05) is 30.5 Å². The zero-order valence-corrected chi connectivity index (χ0v) is 23.9. The summed E-state index contributed by atoms with van der Waals surface area (Å²) in [4.78, 5) is 58.0. The number of fused-ring (bicyclic) bond motifs is 1. The molecule has 5 unspecified atom stereocenters. The van der Waals surface area contributed by atoms with Crippen LogP contribution in [0.4, 0.5) is 0 Å². The minimum absolute atomic E-state index is 0.0151. The maximum absolute atomic E-state index is 13.4. The highest BCUT2D eigenvalue weighted by molar-refractivity contribution is 7.98. The van der Waals surface area contributed by atoms with Gasteiger partial charge in [-0.25, -0.2) is 4.79 Å². The van der Waals surface area contributed by atoms with Crippen molar-refractivity contribution in [2.75, 3.05) is 18.6 Å². The normalized spacial score (nSPS) is 14.7. The van der Waals surface area contributed by atoms with E-state index in [0.29, 0.717) is 24.3 Å². The average Bonchev–Trinajstić information content (AvgIpc) is 3.33. The summed E-state index contributed by atoms with van der Waals surface area (Å²) in [6.07, 6.45) is 3.17. The Morgan fingerprint density at radius 1 is 1.02 bits per heavy atom. The number of amides is 3. The molecule has 0 aliphatic carbocycles. The largest absolute Gasteiger partial charge is 0.480 e. The van der Waals surface area contributed by atoms with Crippen molar-refractivity contribution in [3.63, 3.8) is 0 Å². The van der Waals surface area contributed by atoms with Crippen molar-refractivity contribution >= 4 is 52.3 Å². The molecular weight excluding hydrogens is 552 g/mol. The average molecular weight is 593 g/mol. The SMILES string of the molecule is CSCCC(NC(=O)C(N)CCCN=C(N)N)C(=O)NC(Cc1c[nH]c2ccccc12)C(=O)NC(C(=O)O)C(C)O. The van der Waals surface area contributed by atoms with Crippen LogP contribution in [0.5, 0.6) is 0 Å². The lowest BCUT2D eigenvalue weighted by Gasteiger charge is -2.26. The van der Waals surface area contributed by atoms with Gasteiger partial charge in [0.15, 0.2) is 12.0 Å². The Balaban J connectivity index is 2.23. The van der Waals surface area contributed by atoms with Crippen LogP contribution in [-0.4, -0.2) is 93.7 Å². The standard InChI is InChI=1S/C26H40N8O6S/c1-14(35)21(25(39)40)34-24(38)20(12-15-13-31-18-8-4-3-6-16(15)18)33-23(37)19(9-11-41-2)32-22(36)17(27)7-5-10-30-26(28)29/h3-4,6,8,13-14,17,19-21,31,35H,5,7,9-12,27H2,1-2H3,(H,32,36)(H,33,37)(H,34,38)(H,39,40)(H4,28,29,30). The van der Waals surface area contributed by atoms with Crippen LogP contribution in [-0.2, 0) is 25.6 Å². The molecule has 3 amide bonds. The number of H-pyrrole nitrogens is 1. The Bertz CT molecular complexity index is 1220. The third kappa shape index (κ3) is 10.6. The number of aliphatic hydroxyl groups is 1. The Morgan fingerprint density at radius 2 is 1.68 bits per heavy atom. The molecule has 1 aromatic heterocycles. The first-order valence-electron chi connectivity index (χ1n) is 13.1. The quantitative estimate of drug-likeness (QED) is 0.0600. The first kappa shape index (κ1) is 33.4. The molecule has 0 aliphatic heterocycles. The highest BCUT2D eigenvalue weighted by Gasteiger charge is 2.32. The molecule has 2 rings (SSSR count). The van der Waals surface area contributed by atoms with Gasteiger partial charge in [0.2, 0.25) is 17.7 Å². The van der Waals surface area contributed by atoms with Gasteiger partial charge in [0.1, 0.15) is 12.1 Å². The van der Waals surface area contributed by atoms with E-state index in [4.69, 9.17) is 17.2 Å². The van der Waals surface area contributed by atoms with Crippen molar-refractivity contribution in [3.05, 3.63) is 36.0 Å². The van der Waals surface area contributed by atoms with E-state index in [-0.39, 0.29) is 25.2 Å². The van der Waals surface area contributed by atoms with E-state index in [1.54, 1.807) is 6.20 Å². The van der Waals surface area contributed by atoms with Crippen LogP contribution in [0, 0.1) is 0 Å². The van der Waals surface area contributed by atoms with Crippen LogP contribution >= 0.6 is 11.8 Å². The van der Waals surface area contributed by atoms with E-state index >= 15 is 0 Å². The number of para-hydroxylation sites is 1. The third-order valence-corrected chi connectivity index (χ3v) is 6.97. The number of nitrogens with one attached hydrogen (secondary N) is 4. The van der Waals surface area contributed by atoms with Gasteiger partial charge in [0.25, 0.3) is 0 Å². The number of carboxylic acid groups (broad SMARTS) is 1. The smallest absolute Gasteiger partial charge is 0.328 e. The molecule has 41 heavy (non-hydrogen) atoms. The molecule has 0 fully saturated rings. The van der Waals surface area contributed by atoms with E-state index in [0.717, 1.165) is 10.9 Å². The van der Waals surface area contributed by atoms with Crippen LogP contribution in [0.3, 0.4) is 0 Å². The lowest BCUT2D eigenvalue weighted by Crippen LogP contribution is -2.58. The predicted octanol–water partition coefficient (Wildman–Crippen LogP) is -1.24. The number of aromatic nitrogens is 1. The number of carbonyl (C=O) groups excluding carboxylic acids is 3. The number of nitrogens with two attached hydrogens (primary N) is 3. The molecule has 14 nitrogen and oxygen atoms in total. The number of hydrogen-bond acceptors (Lipinski definition) is 8. The van der Waals surface area contributed by atoms with E-state index < -0.39 is 54.0 Å². The Labute approximate surface area is 242 Å². The second-order valence-electron chi connectivity index (χ2n) is 9.59. The lowest BCUT2D eigenvalue weighted by molar-refractivity contribution is -0.145. The maximum Gasteiger partial charge on any atom is 0.328 e. The molecule has 0 radical (unpaired) electrons. The number of rotatable bonds is 17. The summed E-state index contributed by atoms with van der Waals surface area (Å²) in [6.45, 7) is 1.54. The van der Waals surface area contributed by atoms with Crippen molar-refractivity contribution in [3.8, 4) is 0 Å². The van der Waals surface area contributed by atoms with Crippen molar-refractivity contribution in [1.29, 1.82) is 0 Å². The molecule has 0 bridgehead atoms. The van der Waals surface area contributed by atoms with Gasteiger partial charge in [-0.05, 0) is 49.8 Å². The van der Waals surface area contributed by atoms with Gasteiger partial charge in [-0.3, -0.25) is 19.4 Å². The number of carboxylic acids is 1. The molecule has 2 aromatic rings. The van der Waals surface area contributed by atoms with E-state index in [9.17, 15) is 29.4 Å². The fourth-order valence-electron chi connectivity index (χ4n) is 4.08.